The minimum Gasteiger partial charge on any atom is -0.338 e. The van der Waals surface area contributed by atoms with Gasteiger partial charge in [0.2, 0.25) is 0 Å². The van der Waals surface area contributed by atoms with Gasteiger partial charge < -0.3 is 5.32 Å². The number of nitrogens with one attached hydrogen (secondary N) is 2. The van der Waals surface area contributed by atoms with Gasteiger partial charge in [0.1, 0.15) is 0 Å². The van der Waals surface area contributed by atoms with E-state index in [1.165, 1.54) is 16.0 Å². The van der Waals surface area contributed by atoms with Crippen LogP contribution in [-0.4, -0.2) is 10.2 Å². The van der Waals surface area contributed by atoms with Crippen LogP contribution in [0.3, 0.4) is 0 Å². The van der Waals surface area contributed by atoms with E-state index < -0.39 is 0 Å². The summed E-state index contributed by atoms with van der Waals surface area (Å²) in [6.45, 7) is 0. The summed E-state index contributed by atoms with van der Waals surface area (Å²) >= 11 is 13.8. The molecule has 3 aromatic rings. The van der Waals surface area contributed by atoms with Crippen molar-refractivity contribution in [2.24, 2.45) is 0 Å². The van der Waals surface area contributed by atoms with Crippen molar-refractivity contribution < 1.29 is 0 Å². The molecule has 0 bridgehead atoms. The molecule has 100 valence electrons. The van der Waals surface area contributed by atoms with E-state index in [1.807, 2.05) is 12.1 Å². The normalized spacial score (nSPS) is 12.3. The highest BCUT2D eigenvalue weighted by Gasteiger charge is 2.25. The Morgan fingerprint density at radius 2 is 2.00 bits per heavy atom. The summed E-state index contributed by atoms with van der Waals surface area (Å²) in [6, 6.07) is 7.50. The molecule has 0 radical (unpaired) electrons. The lowest BCUT2D eigenvalue weighted by Gasteiger charge is -2.06. The summed E-state index contributed by atoms with van der Waals surface area (Å²) in [5.74, 6) is 0.835. The van der Waals surface area contributed by atoms with E-state index in [2.05, 4.69) is 27.0 Å². The van der Waals surface area contributed by atoms with Crippen LogP contribution in [0.1, 0.15) is 10.4 Å². The third-order valence-electron chi connectivity index (χ3n) is 3.34. The maximum Gasteiger partial charge on any atom is 0.156 e. The van der Waals surface area contributed by atoms with E-state index >= 15 is 0 Å². The molecule has 0 aliphatic heterocycles. The van der Waals surface area contributed by atoms with Crippen LogP contribution in [0.25, 0.3) is 11.3 Å². The van der Waals surface area contributed by atoms with Gasteiger partial charge in [-0.05, 0) is 29.6 Å². The number of aromatic nitrogens is 2. The molecule has 6 heteroatoms. The third kappa shape index (κ3) is 1.92. The minimum atomic E-state index is 0.603. The summed E-state index contributed by atoms with van der Waals surface area (Å²) in [7, 11) is 0. The SMILES string of the molecule is Clc1cc(Cl)cc(Nc2n[nH]c3c2Cc2sccc2-3)c1. The molecule has 1 aliphatic rings. The van der Waals surface area contributed by atoms with E-state index in [1.54, 1.807) is 17.4 Å². The van der Waals surface area contributed by atoms with E-state index in [-0.39, 0.29) is 0 Å². The fourth-order valence-electron chi connectivity index (χ4n) is 2.49. The van der Waals surface area contributed by atoms with Gasteiger partial charge in [0.15, 0.2) is 5.82 Å². The molecule has 0 saturated heterocycles. The molecule has 2 N–H and O–H groups in total. The second kappa shape index (κ2) is 4.52. The highest BCUT2D eigenvalue weighted by molar-refractivity contribution is 7.10. The number of thiophene rings is 1. The standard InChI is InChI=1S/C14H9Cl2N3S/c15-7-3-8(16)5-9(4-7)17-14-11-6-12-10(1-2-20-12)13(11)18-19-14/h1-5H,6H2,(H2,17,18,19). The Bertz CT molecular complexity index is 786. The zero-order valence-corrected chi connectivity index (χ0v) is 12.5. The Morgan fingerprint density at radius 3 is 2.80 bits per heavy atom. The molecule has 3 nitrogen and oxygen atoms in total. The van der Waals surface area contributed by atoms with Gasteiger partial charge >= 0.3 is 0 Å². The maximum absolute atomic E-state index is 6.01. The number of hydrogen-bond acceptors (Lipinski definition) is 3. The lowest BCUT2D eigenvalue weighted by molar-refractivity contribution is 1.09. The molecular formula is C14H9Cl2N3S. The number of fused-ring (bicyclic) bond motifs is 3. The molecule has 4 rings (SSSR count). The van der Waals surface area contributed by atoms with Gasteiger partial charge in [-0.3, -0.25) is 5.10 Å². The van der Waals surface area contributed by atoms with Gasteiger partial charge in [0.25, 0.3) is 0 Å². The number of rotatable bonds is 2. The van der Waals surface area contributed by atoms with Gasteiger partial charge in [-0.15, -0.1) is 11.3 Å². The molecule has 20 heavy (non-hydrogen) atoms. The Balaban J connectivity index is 1.71. The lowest BCUT2D eigenvalue weighted by Crippen LogP contribution is -1.94. The first-order valence-electron chi connectivity index (χ1n) is 6.08. The fraction of sp³-hybridized carbons (Fsp3) is 0.0714. The smallest absolute Gasteiger partial charge is 0.156 e. The Kier molecular flexibility index (Phi) is 2.77. The summed E-state index contributed by atoms with van der Waals surface area (Å²) in [4.78, 5) is 1.38. The quantitative estimate of drug-likeness (QED) is 0.539. The van der Waals surface area contributed by atoms with Crippen LogP contribution in [0.15, 0.2) is 29.6 Å². The van der Waals surface area contributed by atoms with E-state index in [9.17, 15) is 0 Å². The Hall–Kier alpha value is -1.49. The van der Waals surface area contributed by atoms with Gasteiger partial charge in [-0.2, -0.15) is 5.10 Å². The number of H-pyrrole nitrogens is 1. The zero-order valence-electron chi connectivity index (χ0n) is 10.2. The molecular weight excluding hydrogens is 313 g/mol. The molecule has 0 spiro atoms. The van der Waals surface area contributed by atoms with E-state index in [0.717, 1.165) is 23.6 Å². The van der Waals surface area contributed by atoms with Crippen molar-refractivity contribution in [2.75, 3.05) is 5.32 Å². The summed E-state index contributed by atoms with van der Waals surface area (Å²) in [5.41, 5.74) is 4.40. The van der Waals surface area contributed by atoms with Crippen LogP contribution in [-0.2, 0) is 6.42 Å². The van der Waals surface area contributed by atoms with Crippen molar-refractivity contribution in [3.05, 3.63) is 50.1 Å². The summed E-state index contributed by atoms with van der Waals surface area (Å²) in [6.07, 6.45) is 0.912. The maximum atomic E-state index is 6.01. The summed E-state index contributed by atoms with van der Waals surface area (Å²) < 4.78 is 0. The number of hydrogen-bond donors (Lipinski definition) is 2. The number of anilines is 2. The van der Waals surface area contributed by atoms with Gasteiger partial charge in [0.05, 0.1) is 5.69 Å². The molecule has 2 heterocycles. The number of benzene rings is 1. The lowest BCUT2D eigenvalue weighted by atomic mass is 10.2. The number of aromatic amines is 1. The van der Waals surface area contributed by atoms with Gasteiger partial charge in [0, 0.05) is 38.2 Å². The average molecular weight is 322 g/mol. The molecule has 0 fully saturated rings. The highest BCUT2D eigenvalue weighted by atomic mass is 35.5. The second-order valence-electron chi connectivity index (χ2n) is 4.64. The summed E-state index contributed by atoms with van der Waals surface area (Å²) in [5, 5.41) is 14.1. The van der Waals surface area contributed by atoms with Crippen molar-refractivity contribution in [3.8, 4) is 11.3 Å². The monoisotopic (exact) mass is 321 g/mol. The first-order chi connectivity index (χ1) is 9.70. The van der Waals surface area contributed by atoms with Crippen LogP contribution >= 0.6 is 34.5 Å². The molecule has 0 saturated carbocycles. The van der Waals surface area contributed by atoms with Crippen molar-refractivity contribution in [1.29, 1.82) is 0 Å². The largest absolute Gasteiger partial charge is 0.338 e. The predicted molar refractivity (Wildman–Crippen MR) is 84.5 cm³/mol. The van der Waals surface area contributed by atoms with Crippen LogP contribution in [0.4, 0.5) is 11.5 Å². The van der Waals surface area contributed by atoms with Crippen LogP contribution in [0, 0.1) is 0 Å². The number of nitrogens with zero attached hydrogens (tertiary/aromatic N) is 1. The van der Waals surface area contributed by atoms with Crippen molar-refractivity contribution >= 4 is 46.0 Å². The molecule has 2 aromatic heterocycles. The first kappa shape index (κ1) is 12.3. The van der Waals surface area contributed by atoms with Crippen LogP contribution < -0.4 is 5.32 Å². The Morgan fingerprint density at radius 1 is 1.20 bits per heavy atom. The molecule has 0 atom stereocenters. The number of halogens is 2. The second-order valence-corrected chi connectivity index (χ2v) is 6.52. The molecule has 0 unspecified atom stereocenters. The highest BCUT2D eigenvalue weighted by Crippen LogP contribution is 2.42. The van der Waals surface area contributed by atoms with Crippen molar-refractivity contribution in [1.82, 2.24) is 10.2 Å². The van der Waals surface area contributed by atoms with Crippen LogP contribution in [0.2, 0.25) is 10.0 Å². The Labute approximate surface area is 129 Å². The predicted octanol–water partition coefficient (Wildman–Crippen LogP) is 5.09. The van der Waals surface area contributed by atoms with Crippen LogP contribution in [0.5, 0.6) is 0 Å². The minimum absolute atomic E-state index is 0.603. The molecule has 0 amide bonds. The van der Waals surface area contributed by atoms with Gasteiger partial charge in [-0.1, -0.05) is 23.2 Å². The molecule has 1 aliphatic carbocycles. The fourth-order valence-corrected chi connectivity index (χ4v) is 3.91. The van der Waals surface area contributed by atoms with E-state index in [0.29, 0.717) is 10.0 Å². The van der Waals surface area contributed by atoms with E-state index in [4.69, 9.17) is 23.2 Å². The molecule has 1 aromatic carbocycles. The van der Waals surface area contributed by atoms with Crippen molar-refractivity contribution in [2.45, 2.75) is 6.42 Å². The topological polar surface area (TPSA) is 40.7 Å². The van der Waals surface area contributed by atoms with Crippen molar-refractivity contribution in [3.63, 3.8) is 0 Å². The van der Waals surface area contributed by atoms with Gasteiger partial charge in [-0.25, -0.2) is 0 Å². The zero-order chi connectivity index (χ0) is 13.7. The third-order valence-corrected chi connectivity index (χ3v) is 4.70. The first-order valence-corrected chi connectivity index (χ1v) is 7.71. The average Bonchev–Trinajstić information content (AvgIpc) is 3.01.